The Balaban J connectivity index is 2.61. The lowest BCUT2D eigenvalue weighted by Gasteiger charge is -2.22. The van der Waals surface area contributed by atoms with E-state index in [4.69, 9.17) is 4.74 Å². The Bertz CT molecular complexity index is 877. The number of carboxylic acids is 1. The van der Waals surface area contributed by atoms with Crippen LogP contribution < -0.4 is 4.74 Å². The Morgan fingerprint density at radius 1 is 1.00 bits per heavy atom. The molecule has 1 N–H and O–H groups in total. The zero-order chi connectivity index (χ0) is 20.7. The Kier molecular flexibility index (Phi) is 7.63. The Morgan fingerprint density at radius 3 is 1.96 bits per heavy atom. The lowest BCUT2D eigenvalue weighted by atomic mass is 10.0. The van der Waals surface area contributed by atoms with E-state index in [1.807, 2.05) is 19.9 Å². The lowest BCUT2D eigenvalue weighted by molar-refractivity contribution is -0.145. The maximum absolute atomic E-state index is 12.4. The predicted octanol–water partition coefficient (Wildman–Crippen LogP) is 4.59. The summed E-state index contributed by atoms with van der Waals surface area (Å²) in [5.74, 6) is -0.567. The number of rotatable bonds is 10. The van der Waals surface area contributed by atoms with Crippen molar-refractivity contribution in [3.05, 3.63) is 59.2 Å². The molecule has 0 aliphatic heterocycles. The molecule has 5 nitrogen and oxygen atoms in total. The molecule has 0 heterocycles. The summed E-state index contributed by atoms with van der Waals surface area (Å²) in [7, 11) is -3.37. The average molecular weight is 405 g/mol. The lowest BCUT2D eigenvalue weighted by Crippen LogP contribution is -2.20. The van der Waals surface area contributed by atoms with Crippen LogP contribution in [0.3, 0.4) is 0 Å². The van der Waals surface area contributed by atoms with Crippen molar-refractivity contribution in [2.24, 2.45) is 0 Å². The SMILES string of the molecule is CCCc1cc(S(=O)(=O)CC)cc(CCC)c1OC(C(=O)O)c1ccccc1. The third kappa shape index (κ3) is 5.13. The van der Waals surface area contributed by atoms with Crippen molar-refractivity contribution in [3.63, 3.8) is 0 Å². The monoisotopic (exact) mass is 404 g/mol. The maximum Gasteiger partial charge on any atom is 0.349 e. The van der Waals surface area contributed by atoms with Gasteiger partial charge in [0.1, 0.15) is 5.75 Å². The molecule has 2 rings (SSSR count). The van der Waals surface area contributed by atoms with Crippen molar-refractivity contribution in [2.75, 3.05) is 5.75 Å². The fraction of sp³-hybridized carbons (Fsp3) is 0.409. The second-order valence-electron chi connectivity index (χ2n) is 6.72. The first-order chi connectivity index (χ1) is 13.3. The van der Waals surface area contributed by atoms with Crippen molar-refractivity contribution in [1.29, 1.82) is 0 Å². The number of aliphatic carboxylic acids is 1. The highest BCUT2D eigenvalue weighted by molar-refractivity contribution is 7.91. The molecule has 152 valence electrons. The molecule has 2 aromatic carbocycles. The van der Waals surface area contributed by atoms with Crippen LogP contribution >= 0.6 is 0 Å². The minimum absolute atomic E-state index is 0.0199. The van der Waals surface area contributed by atoms with Crippen LogP contribution in [0.1, 0.15) is 56.4 Å². The molecule has 6 heteroatoms. The van der Waals surface area contributed by atoms with Crippen molar-refractivity contribution < 1.29 is 23.1 Å². The number of ether oxygens (including phenoxy) is 1. The standard InChI is InChI=1S/C22H28O5S/c1-4-10-17-14-19(28(25,26)6-3)15-18(11-5-2)20(17)27-21(22(23)24)16-12-8-7-9-13-16/h7-9,12-15,21H,4-6,10-11H2,1-3H3,(H,23,24). The molecular weight excluding hydrogens is 376 g/mol. The number of hydrogen-bond donors (Lipinski definition) is 1. The summed E-state index contributed by atoms with van der Waals surface area (Å²) in [5, 5.41) is 9.73. The van der Waals surface area contributed by atoms with E-state index in [0.29, 0.717) is 24.2 Å². The van der Waals surface area contributed by atoms with Gasteiger partial charge in [-0.1, -0.05) is 63.9 Å². The van der Waals surface area contributed by atoms with Gasteiger partial charge in [0.2, 0.25) is 6.10 Å². The van der Waals surface area contributed by atoms with Gasteiger partial charge in [0.15, 0.2) is 9.84 Å². The Hall–Kier alpha value is -2.34. The Morgan fingerprint density at radius 2 is 1.54 bits per heavy atom. The number of carbonyl (C=O) groups is 1. The molecule has 0 aliphatic carbocycles. The van der Waals surface area contributed by atoms with E-state index in [0.717, 1.165) is 24.0 Å². The predicted molar refractivity (Wildman–Crippen MR) is 110 cm³/mol. The first-order valence-electron chi connectivity index (χ1n) is 9.66. The molecule has 0 saturated carbocycles. The number of aryl methyl sites for hydroxylation is 2. The van der Waals surface area contributed by atoms with E-state index in [2.05, 4.69) is 0 Å². The number of carboxylic acid groups (broad SMARTS) is 1. The summed E-state index contributed by atoms with van der Waals surface area (Å²) >= 11 is 0. The summed E-state index contributed by atoms with van der Waals surface area (Å²) < 4.78 is 30.9. The van der Waals surface area contributed by atoms with E-state index in [-0.39, 0.29) is 10.6 Å². The van der Waals surface area contributed by atoms with Crippen LogP contribution in [0, 0.1) is 0 Å². The topological polar surface area (TPSA) is 80.7 Å². The fourth-order valence-corrected chi connectivity index (χ4v) is 4.11. The quantitative estimate of drug-likeness (QED) is 0.626. The minimum atomic E-state index is -3.37. The van der Waals surface area contributed by atoms with E-state index >= 15 is 0 Å². The highest BCUT2D eigenvalue weighted by Crippen LogP contribution is 2.34. The van der Waals surface area contributed by atoms with Crippen molar-refractivity contribution in [2.45, 2.75) is 57.5 Å². The van der Waals surface area contributed by atoms with Gasteiger partial charge < -0.3 is 9.84 Å². The molecule has 1 unspecified atom stereocenters. The summed E-state index contributed by atoms with van der Waals surface area (Å²) in [5.41, 5.74) is 2.02. The molecule has 0 fully saturated rings. The first kappa shape index (κ1) is 22.0. The molecule has 2 aromatic rings. The van der Waals surface area contributed by atoms with E-state index in [9.17, 15) is 18.3 Å². The summed E-state index contributed by atoms with van der Waals surface area (Å²) in [6, 6.07) is 12.1. The average Bonchev–Trinajstić information content (AvgIpc) is 2.68. The summed E-state index contributed by atoms with van der Waals surface area (Å²) in [4.78, 5) is 12.2. The van der Waals surface area contributed by atoms with Crippen LogP contribution in [0.4, 0.5) is 0 Å². The van der Waals surface area contributed by atoms with Crippen molar-refractivity contribution in [3.8, 4) is 5.75 Å². The second-order valence-corrected chi connectivity index (χ2v) is 9.00. The molecule has 28 heavy (non-hydrogen) atoms. The molecule has 0 bridgehead atoms. The number of sulfone groups is 1. The molecule has 0 amide bonds. The number of hydrogen-bond acceptors (Lipinski definition) is 4. The third-order valence-electron chi connectivity index (χ3n) is 4.56. The molecular formula is C22H28O5S. The first-order valence-corrected chi connectivity index (χ1v) is 11.3. The third-order valence-corrected chi connectivity index (χ3v) is 6.27. The van der Waals surface area contributed by atoms with E-state index in [1.54, 1.807) is 43.3 Å². The van der Waals surface area contributed by atoms with Gasteiger partial charge >= 0.3 is 5.97 Å². The largest absolute Gasteiger partial charge is 0.478 e. The minimum Gasteiger partial charge on any atom is -0.478 e. The van der Waals surface area contributed by atoms with Crippen LogP contribution in [0.15, 0.2) is 47.4 Å². The van der Waals surface area contributed by atoms with Gasteiger partial charge in [-0.25, -0.2) is 13.2 Å². The fourth-order valence-electron chi connectivity index (χ4n) is 3.14. The van der Waals surface area contributed by atoms with Crippen molar-refractivity contribution >= 4 is 15.8 Å². The van der Waals surface area contributed by atoms with Crippen LogP contribution in [-0.2, 0) is 27.5 Å². The van der Waals surface area contributed by atoms with Gasteiger partial charge in [-0.05, 0) is 36.1 Å². The smallest absolute Gasteiger partial charge is 0.349 e. The molecule has 0 aliphatic rings. The number of benzene rings is 2. The molecule has 0 radical (unpaired) electrons. The van der Waals surface area contributed by atoms with Crippen LogP contribution in [0.2, 0.25) is 0 Å². The molecule has 0 saturated heterocycles. The van der Waals surface area contributed by atoms with Gasteiger partial charge in [0, 0.05) is 5.56 Å². The van der Waals surface area contributed by atoms with Gasteiger partial charge in [-0.2, -0.15) is 0 Å². The van der Waals surface area contributed by atoms with Crippen molar-refractivity contribution in [1.82, 2.24) is 0 Å². The van der Waals surface area contributed by atoms with E-state index < -0.39 is 21.9 Å². The molecule has 0 spiro atoms. The van der Waals surface area contributed by atoms with Gasteiger partial charge in [0.05, 0.1) is 10.6 Å². The van der Waals surface area contributed by atoms with Crippen LogP contribution in [0.25, 0.3) is 0 Å². The molecule has 0 aromatic heterocycles. The Labute approximate surface area is 167 Å². The highest BCUT2D eigenvalue weighted by atomic mass is 32.2. The normalized spacial score (nSPS) is 12.5. The van der Waals surface area contributed by atoms with Crippen LogP contribution in [0.5, 0.6) is 5.75 Å². The van der Waals surface area contributed by atoms with Gasteiger partial charge in [-0.15, -0.1) is 0 Å². The zero-order valence-electron chi connectivity index (χ0n) is 16.6. The molecule has 1 atom stereocenters. The summed E-state index contributed by atoms with van der Waals surface area (Å²) in [6.45, 7) is 5.61. The second kappa shape index (κ2) is 9.73. The van der Waals surface area contributed by atoms with Gasteiger partial charge in [0.25, 0.3) is 0 Å². The highest BCUT2D eigenvalue weighted by Gasteiger charge is 2.26. The zero-order valence-corrected chi connectivity index (χ0v) is 17.5. The van der Waals surface area contributed by atoms with Gasteiger partial charge in [-0.3, -0.25) is 0 Å². The summed E-state index contributed by atoms with van der Waals surface area (Å²) in [6.07, 6.45) is 1.66. The van der Waals surface area contributed by atoms with Crippen LogP contribution in [-0.4, -0.2) is 25.2 Å². The van der Waals surface area contributed by atoms with E-state index in [1.165, 1.54) is 0 Å². The maximum atomic E-state index is 12.4.